The minimum absolute atomic E-state index is 0.256. The van der Waals surface area contributed by atoms with Crippen molar-refractivity contribution >= 4 is 28.4 Å². The zero-order valence-electron chi connectivity index (χ0n) is 15.2. The molecule has 0 aliphatic rings. The number of aromatic nitrogens is 2. The fraction of sp³-hybridized carbons (Fsp3) is 0. The molecule has 2 aromatic carbocycles. The van der Waals surface area contributed by atoms with Crippen LogP contribution >= 0.6 is 0 Å². The molecule has 4 rings (SSSR count). The molecule has 0 unspecified atom stereocenters. The maximum absolute atomic E-state index is 12.7. The standard InChI is InChI=1S/C22H16N4O3/c23-21(27)14-4-1-5-16(12-14)29-20-10-9-15(13-25-20)26-22(28)18-6-2-8-19-17(18)7-3-11-24-19/h1-13H,(H2,23,27)(H,26,28). The van der Waals surface area contributed by atoms with Crippen molar-refractivity contribution in [3.05, 3.63) is 90.3 Å². The quantitative estimate of drug-likeness (QED) is 0.545. The van der Waals surface area contributed by atoms with Gasteiger partial charge in [0, 0.05) is 28.8 Å². The Kier molecular flexibility index (Phi) is 4.86. The number of carbonyl (C=O) groups excluding carboxylic acids is 2. The minimum Gasteiger partial charge on any atom is -0.439 e. The van der Waals surface area contributed by atoms with Gasteiger partial charge in [-0.3, -0.25) is 14.6 Å². The number of rotatable bonds is 5. The molecule has 142 valence electrons. The molecule has 0 saturated heterocycles. The number of nitrogens with two attached hydrogens (primary N) is 1. The number of hydrogen-bond acceptors (Lipinski definition) is 5. The Bertz CT molecular complexity index is 1200. The maximum Gasteiger partial charge on any atom is 0.256 e. The third-order valence-corrected chi connectivity index (χ3v) is 4.23. The van der Waals surface area contributed by atoms with E-state index in [1.165, 1.54) is 12.3 Å². The van der Waals surface area contributed by atoms with E-state index in [4.69, 9.17) is 10.5 Å². The van der Waals surface area contributed by atoms with Gasteiger partial charge >= 0.3 is 0 Å². The molecule has 0 spiro atoms. The summed E-state index contributed by atoms with van der Waals surface area (Å²) in [4.78, 5) is 32.4. The molecule has 3 N–H and O–H groups in total. The van der Waals surface area contributed by atoms with Crippen LogP contribution in [0, 0.1) is 0 Å². The lowest BCUT2D eigenvalue weighted by Crippen LogP contribution is -2.12. The zero-order valence-corrected chi connectivity index (χ0v) is 15.2. The second-order valence-corrected chi connectivity index (χ2v) is 6.21. The van der Waals surface area contributed by atoms with Gasteiger partial charge in [-0.2, -0.15) is 0 Å². The second kappa shape index (κ2) is 7.77. The van der Waals surface area contributed by atoms with Crippen LogP contribution in [0.3, 0.4) is 0 Å². The average molecular weight is 384 g/mol. The summed E-state index contributed by atoms with van der Waals surface area (Å²) in [5.74, 6) is -0.0360. The Hall–Kier alpha value is -4.26. The van der Waals surface area contributed by atoms with Crippen LogP contribution in [0.4, 0.5) is 5.69 Å². The number of nitrogens with one attached hydrogen (secondary N) is 1. The first-order valence-corrected chi connectivity index (χ1v) is 8.79. The second-order valence-electron chi connectivity index (χ2n) is 6.21. The monoisotopic (exact) mass is 384 g/mol. The van der Waals surface area contributed by atoms with E-state index in [9.17, 15) is 9.59 Å². The Labute approximate surface area is 166 Å². The van der Waals surface area contributed by atoms with E-state index < -0.39 is 5.91 Å². The van der Waals surface area contributed by atoms with Crippen molar-refractivity contribution in [1.82, 2.24) is 9.97 Å². The molecule has 0 bridgehead atoms. The molecule has 0 aliphatic carbocycles. The molecule has 2 heterocycles. The number of anilines is 1. The molecule has 0 saturated carbocycles. The summed E-state index contributed by atoms with van der Waals surface area (Å²) in [6, 6.07) is 18.8. The van der Waals surface area contributed by atoms with Crippen LogP contribution in [0.5, 0.6) is 11.6 Å². The highest BCUT2D eigenvalue weighted by atomic mass is 16.5. The smallest absolute Gasteiger partial charge is 0.256 e. The topological polar surface area (TPSA) is 107 Å². The lowest BCUT2D eigenvalue weighted by molar-refractivity contribution is 0.0997. The summed E-state index contributed by atoms with van der Waals surface area (Å²) in [6.07, 6.45) is 3.18. The largest absolute Gasteiger partial charge is 0.439 e. The molecule has 2 amide bonds. The molecule has 7 nitrogen and oxygen atoms in total. The highest BCUT2D eigenvalue weighted by molar-refractivity contribution is 6.12. The molecular formula is C22H16N4O3. The summed E-state index contributed by atoms with van der Waals surface area (Å²) in [5, 5.41) is 3.59. The first kappa shape index (κ1) is 18.1. The number of primary amides is 1. The van der Waals surface area contributed by atoms with E-state index in [2.05, 4.69) is 15.3 Å². The van der Waals surface area contributed by atoms with Gasteiger partial charge in [0.15, 0.2) is 0 Å². The van der Waals surface area contributed by atoms with Crippen molar-refractivity contribution in [2.24, 2.45) is 5.73 Å². The Balaban J connectivity index is 1.49. The van der Waals surface area contributed by atoms with Crippen molar-refractivity contribution in [2.45, 2.75) is 0 Å². The Morgan fingerprint density at radius 2 is 1.79 bits per heavy atom. The van der Waals surface area contributed by atoms with Gasteiger partial charge in [-0.15, -0.1) is 0 Å². The van der Waals surface area contributed by atoms with Gasteiger partial charge in [0.2, 0.25) is 11.8 Å². The van der Waals surface area contributed by atoms with Crippen LogP contribution < -0.4 is 15.8 Å². The van der Waals surface area contributed by atoms with Crippen LogP contribution in [0.2, 0.25) is 0 Å². The van der Waals surface area contributed by atoms with Gasteiger partial charge in [-0.25, -0.2) is 4.98 Å². The zero-order chi connectivity index (χ0) is 20.2. The Morgan fingerprint density at radius 3 is 2.59 bits per heavy atom. The van der Waals surface area contributed by atoms with Crippen molar-refractivity contribution < 1.29 is 14.3 Å². The number of carbonyl (C=O) groups is 2. The van der Waals surface area contributed by atoms with Gasteiger partial charge in [-0.1, -0.05) is 18.2 Å². The number of pyridine rings is 2. The van der Waals surface area contributed by atoms with Crippen molar-refractivity contribution in [1.29, 1.82) is 0 Å². The molecule has 0 atom stereocenters. The third-order valence-electron chi connectivity index (χ3n) is 4.23. The molecule has 0 radical (unpaired) electrons. The van der Waals surface area contributed by atoms with Gasteiger partial charge in [-0.05, 0) is 42.5 Å². The van der Waals surface area contributed by atoms with Gasteiger partial charge in [0.05, 0.1) is 17.4 Å². The van der Waals surface area contributed by atoms with Crippen LogP contribution in [-0.4, -0.2) is 21.8 Å². The van der Waals surface area contributed by atoms with Crippen molar-refractivity contribution in [3.8, 4) is 11.6 Å². The summed E-state index contributed by atoms with van der Waals surface area (Å²) < 4.78 is 5.63. The molecule has 2 aromatic heterocycles. The highest BCUT2D eigenvalue weighted by Gasteiger charge is 2.11. The fourth-order valence-corrected chi connectivity index (χ4v) is 2.85. The summed E-state index contributed by atoms with van der Waals surface area (Å²) in [5.41, 5.74) is 7.41. The van der Waals surface area contributed by atoms with Crippen LogP contribution in [0.15, 0.2) is 79.1 Å². The van der Waals surface area contributed by atoms with Crippen LogP contribution in [0.25, 0.3) is 10.9 Å². The molecule has 29 heavy (non-hydrogen) atoms. The van der Waals surface area contributed by atoms with Gasteiger partial charge < -0.3 is 15.8 Å². The maximum atomic E-state index is 12.7. The predicted molar refractivity (Wildman–Crippen MR) is 109 cm³/mol. The van der Waals surface area contributed by atoms with E-state index in [0.29, 0.717) is 28.4 Å². The number of amides is 2. The predicted octanol–water partition coefficient (Wildman–Crippen LogP) is 3.77. The first-order chi connectivity index (χ1) is 14.1. The molecule has 4 aromatic rings. The molecule has 0 fully saturated rings. The van der Waals surface area contributed by atoms with Crippen molar-refractivity contribution in [3.63, 3.8) is 0 Å². The van der Waals surface area contributed by atoms with E-state index in [0.717, 1.165) is 10.9 Å². The number of hydrogen-bond donors (Lipinski definition) is 2. The number of fused-ring (bicyclic) bond motifs is 1. The lowest BCUT2D eigenvalue weighted by atomic mass is 10.1. The minimum atomic E-state index is -0.537. The number of ether oxygens (including phenoxy) is 1. The first-order valence-electron chi connectivity index (χ1n) is 8.79. The third kappa shape index (κ3) is 4.03. The Morgan fingerprint density at radius 1 is 0.931 bits per heavy atom. The van der Waals surface area contributed by atoms with E-state index >= 15 is 0 Å². The van der Waals surface area contributed by atoms with E-state index in [1.54, 1.807) is 54.7 Å². The fourth-order valence-electron chi connectivity index (χ4n) is 2.85. The number of benzene rings is 2. The summed E-state index contributed by atoms with van der Waals surface area (Å²) in [6.45, 7) is 0. The highest BCUT2D eigenvalue weighted by Crippen LogP contribution is 2.22. The van der Waals surface area contributed by atoms with Crippen LogP contribution in [0.1, 0.15) is 20.7 Å². The average Bonchev–Trinajstić information content (AvgIpc) is 2.75. The molecule has 0 aliphatic heterocycles. The SMILES string of the molecule is NC(=O)c1cccc(Oc2ccc(NC(=O)c3cccc4ncccc34)cn2)c1. The molecular weight excluding hydrogens is 368 g/mol. The summed E-state index contributed by atoms with van der Waals surface area (Å²) in [7, 11) is 0. The normalized spacial score (nSPS) is 10.5. The van der Waals surface area contributed by atoms with Gasteiger partial charge in [0.1, 0.15) is 5.75 Å². The van der Waals surface area contributed by atoms with E-state index in [-0.39, 0.29) is 5.91 Å². The summed E-state index contributed by atoms with van der Waals surface area (Å²) >= 11 is 0. The van der Waals surface area contributed by atoms with E-state index in [1.807, 2.05) is 12.1 Å². The number of nitrogens with zero attached hydrogens (tertiary/aromatic N) is 2. The van der Waals surface area contributed by atoms with Crippen molar-refractivity contribution in [2.75, 3.05) is 5.32 Å². The van der Waals surface area contributed by atoms with Gasteiger partial charge in [0.25, 0.3) is 5.91 Å². The molecule has 7 heteroatoms. The lowest BCUT2D eigenvalue weighted by Gasteiger charge is -2.09. The van der Waals surface area contributed by atoms with Crippen LogP contribution in [-0.2, 0) is 0 Å².